The fraction of sp³-hybridized carbons (Fsp3) is 0.0196. The predicted molar refractivity (Wildman–Crippen MR) is 237 cm³/mol. The summed E-state index contributed by atoms with van der Waals surface area (Å²) in [5.74, 6) is 0. The molecule has 3 aliphatic heterocycles. The molecule has 3 aliphatic rings. The van der Waals surface area contributed by atoms with Crippen LogP contribution in [0.25, 0.3) is 55.2 Å². The molecule has 13 rings (SSSR count). The zero-order chi connectivity index (χ0) is 36.7. The van der Waals surface area contributed by atoms with E-state index in [1.165, 1.54) is 92.8 Å². The maximum absolute atomic E-state index is 6.97. The fourth-order valence-corrected chi connectivity index (χ4v) is 16.0. The van der Waals surface area contributed by atoms with Gasteiger partial charge in [-0.1, -0.05) is 158 Å². The molecule has 8 aromatic carbocycles. The first-order valence-electron chi connectivity index (χ1n) is 19.6. The molecular weight excluding hydrogens is 695 g/mol. The topological polar surface area (TPSA) is 21.3 Å². The van der Waals surface area contributed by atoms with Gasteiger partial charge in [0.15, 0.2) is 13.8 Å². The number of fused-ring (bicyclic) bond motifs is 11. The van der Waals surface area contributed by atoms with Crippen LogP contribution < -0.4 is 36.6 Å². The monoisotopic (exact) mass is 728 g/mol. The van der Waals surface area contributed by atoms with Crippen molar-refractivity contribution in [3.63, 3.8) is 0 Å². The number of furan rings is 1. The van der Waals surface area contributed by atoms with Crippen molar-refractivity contribution >= 4 is 96.6 Å². The number of hydrogen-bond donors (Lipinski definition) is 0. The van der Waals surface area contributed by atoms with E-state index >= 15 is 0 Å². The highest BCUT2D eigenvalue weighted by Crippen LogP contribution is 2.49. The van der Waals surface area contributed by atoms with Gasteiger partial charge in [0.1, 0.15) is 5.58 Å². The third kappa shape index (κ3) is 3.64. The van der Waals surface area contributed by atoms with Gasteiger partial charge >= 0.3 is 6.85 Å². The van der Waals surface area contributed by atoms with Crippen molar-refractivity contribution in [3.05, 3.63) is 188 Å². The number of aromatic nitrogens is 1. The lowest BCUT2D eigenvalue weighted by Crippen LogP contribution is -2.78. The van der Waals surface area contributed by atoms with Crippen molar-refractivity contribution in [2.75, 3.05) is 4.90 Å². The van der Waals surface area contributed by atoms with Crippen molar-refractivity contribution in [3.8, 4) is 22.3 Å². The molecule has 5 heterocycles. The lowest BCUT2D eigenvalue weighted by Gasteiger charge is -2.49. The van der Waals surface area contributed by atoms with Crippen molar-refractivity contribution in [1.29, 1.82) is 0 Å². The summed E-state index contributed by atoms with van der Waals surface area (Å²) in [5.41, 5.74) is 15.9. The molecule has 0 saturated carbocycles. The summed E-state index contributed by atoms with van der Waals surface area (Å²) >= 11 is 0. The van der Waals surface area contributed by atoms with Gasteiger partial charge in [0.2, 0.25) is 0 Å². The standard InChI is InChI=1S/C51H33BN2OSi/c1-32-16-8-9-21-36(32)33-30-40-37-23-14-24-39-47-38-22-10-12-27-44(38)55-51(47)54(49(37)39)52-41-25-15-29-46-50(41)53(43(31-33)48(40)52)42-26-11-13-28-45(42)56(46,34-17-4-2-5-18-34)35-19-6-3-7-20-35/h2-31H,1H3. The first kappa shape index (κ1) is 30.5. The summed E-state index contributed by atoms with van der Waals surface area (Å²) < 4.78 is 9.53. The van der Waals surface area contributed by atoms with Gasteiger partial charge in [0.25, 0.3) is 0 Å². The van der Waals surface area contributed by atoms with E-state index in [1.807, 2.05) is 0 Å². The molecule has 5 heteroatoms. The Labute approximate surface area is 325 Å². The van der Waals surface area contributed by atoms with E-state index in [0.717, 1.165) is 16.7 Å². The molecule has 0 unspecified atom stereocenters. The third-order valence-electron chi connectivity index (χ3n) is 13.0. The molecule has 0 bridgehead atoms. The van der Waals surface area contributed by atoms with Gasteiger partial charge in [-0.05, 0) is 85.1 Å². The Balaban J connectivity index is 1.24. The van der Waals surface area contributed by atoms with Crippen molar-refractivity contribution < 1.29 is 4.42 Å². The Hall–Kier alpha value is -6.82. The summed E-state index contributed by atoms with van der Waals surface area (Å²) in [6.07, 6.45) is 0. The SMILES string of the molecule is Cc1ccccc1-c1cc2c3c(c1)N1c4ccccc4[Si](c4ccccc4)(c4ccccc4)c4cccc(c41)B3n1c3oc4ccccc4c3c3cccc-2c31. The van der Waals surface area contributed by atoms with Gasteiger partial charge in [-0.15, -0.1) is 0 Å². The number of para-hydroxylation sites is 4. The summed E-state index contributed by atoms with van der Waals surface area (Å²) in [6.45, 7) is 2.13. The molecule has 0 N–H and O–H groups in total. The molecule has 0 spiro atoms. The van der Waals surface area contributed by atoms with Crippen LogP contribution in [0.2, 0.25) is 0 Å². The minimum atomic E-state index is -2.85. The van der Waals surface area contributed by atoms with Crippen molar-refractivity contribution in [1.82, 2.24) is 4.48 Å². The minimum Gasteiger partial charge on any atom is -0.441 e. The number of rotatable bonds is 3. The molecule has 0 atom stereocenters. The highest BCUT2D eigenvalue weighted by molar-refractivity contribution is 7.21. The number of hydrogen-bond acceptors (Lipinski definition) is 2. The van der Waals surface area contributed by atoms with Crippen LogP contribution in [-0.2, 0) is 0 Å². The molecule has 0 amide bonds. The Morgan fingerprint density at radius 1 is 0.536 bits per heavy atom. The van der Waals surface area contributed by atoms with E-state index in [4.69, 9.17) is 4.42 Å². The van der Waals surface area contributed by atoms with Crippen LogP contribution in [0.4, 0.5) is 17.1 Å². The van der Waals surface area contributed by atoms with E-state index in [2.05, 4.69) is 198 Å². The molecule has 0 radical (unpaired) electrons. The maximum Gasteiger partial charge on any atom is 0.336 e. The number of benzene rings is 8. The normalized spacial score (nSPS) is 14.2. The average molecular weight is 729 g/mol. The number of nitrogens with zero attached hydrogens (tertiary/aromatic N) is 2. The zero-order valence-electron chi connectivity index (χ0n) is 30.7. The molecule has 260 valence electrons. The minimum absolute atomic E-state index is 0.101. The van der Waals surface area contributed by atoms with Crippen LogP contribution in [0.5, 0.6) is 0 Å². The van der Waals surface area contributed by atoms with Crippen LogP contribution in [0.3, 0.4) is 0 Å². The quantitative estimate of drug-likeness (QED) is 0.170. The van der Waals surface area contributed by atoms with Gasteiger partial charge in [0.05, 0.1) is 5.39 Å². The van der Waals surface area contributed by atoms with Gasteiger partial charge < -0.3 is 13.8 Å². The lowest BCUT2D eigenvalue weighted by atomic mass is 9.45. The largest absolute Gasteiger partial charge is 0.441 e. The molecule has 2 aromatic heterocycles. The lowest BCUT2D eigenvalue weighted by molar-refractivity contribution is 0.651. The second kappa shape index (κ2) is 10.9. The summed E-state index contributed by atoms with van der Waals surface area (Å²) in [4.78, 5) is 2.64. The third-order valence-corrected chi connectivity index (χ3v) is 17.8. The Kier molecular flexibility index (Phi) is 5.94. The Bertz CT molecular complexity index is 3250. The van der Waals surface area contributed by atoms with Crippen LogP contribution in [0.15, 0.2) is 186 Å². The molecule has 0 aliphatic carbocycles. The van der Waals surface area contributed by atoms with Crippen molar-refractivity contribution in [2.24, 2.45) is 0 Å². The van der Waals surface area contributed by atoms with E-state index in [9.17, 15) is 0 Å². The van der Waals surface area contributed by atoms with E-state index in [-0.39, 0.29) is 6.85 Å². The molecule has 0 fully saturated rings. The smallest absolute Gasteiger partial charge is 0.336 e. The highest BCUT2D eigenvalue weighted by Gasteiger charge is 2.53. The van der Waals surface area contributed by atoms with Gasteiger partial charge in [-0.25, -0.2) is 0 Å². The average Bonchev–Trinajstić information content (AvgIpc) is 3.79. The molecule has 3 nitrogen and oxygen atoms in total. The molecule has 0 saturated heterocycles. The van der Waals surface area contributed by atoms with E-state index < -0.39 is 8.07 Å². The zero-order valence-corrected chi connectivity index (χ0v) is 31.7. The molecular formula is C51H33BN2OSi. The summed E-state index contributed by atoms with van der Waals surface area (Å²) in [6, 6.07) is 68.3. The molecule has 56 heavy (non-hydrogen) atoms. The predicted octanol–water partition coefficient (Wildman–Crippen LogP) is 8.62. The molecule has 10 aromatic rings. The maximum atomic E-state index is 6.97. The first-order chi connectivity index (χ1) is 27.7. The fourth-order valence-electron chi connectivity index (χ4n) is 10.8. The number of anilines is 3. The van der Waals surface area contributed by atoms with E-state index in [1.54, 1.807) is 0 Å². The number of aryl methyl sites for hydroxylation is 1. The Morgan fingerprint density at radius 3 is 2.02 bits per heavy atom. The van der Waals surface area contributed by atoms with Crippen LogP contribution in [-0.4, -0.2) is 19.4 Å². The summed E-state index contributed by atoms with van der Waals surface area (Å²) in [5, 5.41) is 9.22. The first-order valence-corrected chi connectivity index (χ1v) is 21.6. The van der Waals surface area contributed by atoms with Crippen molar-refractivity contribution in [2.45, 2.75) is 6.92 Å². The van der Waals surface area contributed by atoms with Crippen LogP contribution in [0, 0.1) is 6.92 Å². The summed E-state index contributed by atoms with van der Waals surface area (Å²) in [7, 11) is -2.85. The van der Waals surface area contributed by atoms with Crippen LogP contribution >= 0.6 is 0 Å². The second-order valence-electron chi connectivity index (χ2n) is 15.6. The second-order valence-corrected chi connectivity index (χ2v) is 19.3. The highest BCUT2D eigenvalue weighted by atomic mass is 28.3. The van der Waals surface area contributed by atoms with Gasteiger partial charge in [-0.2, -0.15) is 0 Å². The van der Waals surface area contributed by atoms with Crippen LogP contribution in [0.1, 0.15) is 5.56 Å². The Morgan fingerprint density at radius 2 is 1.20 bits per heavy atom. The van der Waals surface area contributed by atoms with Gasteiger partial charge in [0, 0.05) is 38.9 Å². The van der Waals surface area contributed by atoms with Gasteiger partial charge in [-0.3, -0.25) is 0 Å². The van der Waals surface area contributed by atoms with E-state index in [0.29, 0.717) is 0 Å².